The van der Waals surface area contributed by atoms with E-state index in [0.717, 1.165) is 22.2 Å². The lowest BCUT2D eigenvalue weighted by Crippen LogP contribution is -2.52. The molecule has 5 heterocycles. The van der Waals surface area contributed by atoms with Gasteiger partial charge in [0.05, 0.1) is 94.9 Å². The largest absolute Gasteiger partial charge is 0.467 e. The van der Waals surface area contributed by atoms with E-state index in [2.05, 4.69) is 20.6 Å². The molecule has 0 saturated heterocycles. The molecule has 3 aliphatic heterocycles. The molecule has 2 amide bonds. The Bertz CT molecular complexity index is 3640. The number of carbonyl (C=O) groups excluding carboxylic acids is 7. The lowest BCUT2D eigenvalue weighted by atomic mass is 9.77. The van der Waals surface area contributed by atoms with Gasteiger partial charge in [0.1, 0.15) is 47.2 Å². The van der Waals surface area contributed by atoms with Crippen LogP contribution in [-0.2, 0) is 84.0 Å². The Hall–Kier alpha value is -8.96. The SMILES string of the molecule is COC(=O)[C@H]1Cc2c([nH]c3ccccc23)[C@H](c2ccc(C(=O)OCc3cn(CCOCCOCCOCCNC(=O)Cc4ccc5c(c4)C4(OC5=O)c5ccc(OC(=O)C(C)C)cc5Oc5cc(OC(=O)C(C)C)ccc54)nn3)cc2)N1C(=O)CCl. The van der Waals surface area contributed by atoms with Crippen molar-refractivity contribution in [2.24, 2.45) is 11.8 Å². The molecule has 86 heavy (non-hydrogen) atoms. The van der Waals surface area contributed by atoms with Crippen LogP contribution in [0.4, 0.5) is 0 Å². The Labute approximate surface area is 499 Å². The molecule has 0 saturated carbocycles. The molecule has 448 valence electrons. The number of nitrogens with one attached hydrogen (secondary N) is 2. The number of halogens is 1. The van der Waals surface area contributed by atoms with E-state index in [1.807, 2.05) is 24.3 Å². The monoisotopic (exact) mass is 1190 g/mol. The number of aromatic nitrogens is 4. The predicted molar refractivity (Wildman–Crippen MR) is 308 cm³/mol. The quantitative estimate of drug-likeness (QED) is 0.0195. The first-order chi connectivity index (χ1) is 41.6. The average Bonchev–Trinajstić information content (AvgIpc) is 1.45. The van der Waals surface area contributed by atoms with Crippen molar-refractivity contribution in [2.75, 3.05) is 59.2 Å². The van der Waals surface area contributed by atoms with E-state index in [0.29, 0.717) is 72.0 Å². The summed E-state index contributed by atoms with van der Waals surface area (Å²) in [6.07, 6.45) is 1.88. The Balaban J connectivity index is 0.639. The summed E-state index contributed by atoms with van der Waals surface area (Å²) in [5, 5.41) is 12.0. The fourth-order valence-corrected chi connectivity index (χ4v) is 10.7. The molecule has 2 N–H and O–H groups in total. The van der Waals surface area contributed by atoms with Crippen LogP contribution in [0.15, 0.2) is 109 Å². The highest BCUT2D eigenvalue weighted by atomic mass is 35.5. The van der Waals surface area contributed by atoms with Gasteiger partial charge in [-0.3, -0.25) is 19.2 Å². The van der Waals surface area contributed by atoms with Crippen LogP contribution in [0.3, 0.4) is 0 Å². The number of hydrogen-bond donors (Lipinski definition) is 2. The first kappa shape index (κ1) is 60.2. The average molecular weight is 1200 g/mol. The first-order valence-electron chi connectivity index (χ1n) is 28.0. The fourth-order valence-electron chi connectivity index (χ4n) is 10.5. The van der Waals surface area contributed by atoms with Gasteiger partial charge in [-0.05, 0) is 71.3 Å². The van der Waals surface area contributed by atoms with Crippen molar-refractivity contribution in [3.8, 4) is 23.0 Å². The van der Waals surface area contributed by atoms with E-state index in [4.69, 9.17) is 54.2 Å². The Morgan fingerprint density at radius 2 is 1.43 bits per heavy atom. The van der Waals surface area contributed by atoms with Crippen molar-refractivity contribution < 1.29 is 76.2 Å². The molecular formula is C63H63ClN6O16. The molecule has 7 aromatic rings. The zero-order chi connectivity index (χ0) is 60.6. The molecule has 22 nitrogen and oxygen atoms in total. The molecule has 23 heteroatoms. The number of hydrogen-bond acceptors (Lipinski definition) is 18. The number of alkyl halides is 1. The van der Waals surface area contributed by atoms with Gasteiger partial charge in [-0.15, -0.1) is 16.7 Å². The van der Waals surface area contributed by atoms with Crippen molar-refractivity contribution in [3.63, 3.8) is 0 Å². The van der Waals surface area contributed by atoms with Gasteiger partial charge in [-0.1, -0.05) is 69.3 Å². The van der Waals surface area contributed by atoms with E-state index in [1.165, 1.54) is 12.0 Å². The van der Waals surface area contributed by atoms with Crippen molar-refractivity contribution in [1.82, 2.24) is 30.2 Å². The molecule has 5 aromatic carbocycles. The number of esters is 5. The van der Waals surface area contributed by atoms with Crippen LogP contribution in [-0.4, -0.2) is 132 Å². The highest BCUT2D eigenvalue weighted by molar-refractivity contribution is 6.27. The number of fused-ring (bicyclic) bond motifs is 9. The number of carbonyl (C=O) groups is 7. The number of aromatic amines is 1. The fraction of sp³-hybridized carbons (Fsp3) is 0.349. The molecule has 2 atom stereocenters. The van der Waals surface area contributed by atoms with Crippen LogP contribution in [0.5, 0.6) is 23.0 Å². The first-order valence-corrected chi connectivity index (χ1v) is 28.6. The minimum atomic E-state index is -1.53. The second-order valence-corrected chi connectivity index (χ2v) is 21.5. The Morgan fingerprint density at radius 1 is 0.779 bits per heavy atom. The maximum atomic E-state index is 13.7. The van der Waals surface area contributed by atoms with E-state index in [9.17, 15) is 33.6 Å². The lowest BCUT2D eigenvalue weighted by Gasteiger charge is -2.40. The molecule has 10 rings (SSSR count). The molecule has 2 aromatic heterocycles. The van der Waals surface area contributed by atoms with Gasteiger partial charge in [-0.2, -0.15) is 0 Å². The molecule has 3 aliphatic rings. The number of rotatable bonds is 24. The number of nitrogens with zero attached hydrogens (tertiary/aromatic N) is 4. The number of ether oxygens (including phenoxy) is 9. The third-order valence-corrected chi connectivity index (χ3v) is 15.0. The lowest BCUT2D eigenvalue weighted by molar-refractivity contribution is -0.154. The minimum absolute atomic E-state index is 0.0170. The van der Waals surface area contributed by atoms with Gasteiger partial charge in [-0.25, -0.2) is 19.1 Å². The number of methoxy groups -OCH3 is 1. The molecule has 0 radical (unpaired) electrons. The number of benzene rings is 5. The van der Waals surface area contributed by atoms with Crippen molar-refractivity contribution in [2.45, 2.75) is 71.4 Å². The van der Waals surface area contributed by atoms with E-state index < -0.39 is 65.3 Å². The summed E-state index contributed by atoms with van der Waals surface area (Å²) in [6, 6.07) is 27.4. The molecule has 0 unspecified atom stereocenters. The van der Waals surface area contributed by atoms with Gasteiger partial charge in [0.25, 0.3) is 0 Å². The van der Waals surface area contributed by atoms with Crippen molar-refractivity contribution in [3.05, 3.63) is 165 Å². The summed E-state index contributed by atoms with van der Waals surface area (Å²) >= 11 is 6.09. The van der Waals surface area contributed by atoms with Gasteiger partial charge >= 0.3 is 29.8 Å². The number of H-pyrrole nitrogens is 1. The van der Waals surface area contributed by atoms with E-state index in [1.54, 1.807) is 117 Å². The van der Waals surface area contributed by atoms with Crippen LogP contribution < -0.4 is 19.5 Å². The maximum absolute atomic E-state index is 13.7. The number of amides is 2. The highest BCUT2D eigenvalue weighted by Gasteiger charge is 2.54. The highest BCUT2D eigenvalue weighted by Crippen LogP contribution is 2.57. The summed E-state index contributed by atoms with van der Waals surface area (Å²) in [5.41, 5.74) is 4.62. The zero-order valence-corrected chi connectivity index (χ0v) is 48.6. The van der Waals surface area contributed by atoms with Crippen LogP contribution in [0.1, 0.15) is 99.2 Å². The van der Waals surface area contributed by atoms with Crippen LogP contribution in [0.25, 0.3) is 10.9 Å². The zero-order valence-electron chi connectivity index (χ0n) is 47.9. The molecule has 0 fully saturated rings. The second kappa shape index (κ2) is 26.5. The van der Waals surface area contributed by atoms with E-state index >= 15 is 0 Å². The number of para-hydroxylation sites is 1. The summed E-state index contributed by atoms with van der Waals surface area (Å²) in [6.45, 7) is 9.12. The van der Waals surface area contributed by atoms with Crippen LogP contribution >= 0.6 is 11.6 Å². The normalized spacial score (nSPS) is 15.3. The summed E-state index contributed by atoms with van der Waals surface area (Å²) in [7, 11) is 1.28. The third kappa shape index (κ3) is 12.8. The second-order valence-electron chi connectivity index (χ2n) is 21.2. The molecular weight excluding hydrogens is 1130 g/mol. The standard InChI is InChI=1S/C63H63ClN6O16/c1-36(2)58(73)83-42-15-18-47-52(30-42)85-53-31-43(84-59(74)37(3)4)16-19-48(53)63(47)49-28-38(10-17-45(49)61(76)86-63)29-54(71)65-20-22-79-24-26-81-27-25-80-23-21-69-34-41(67-68-69)35-82-60(75)40-13-11-39(12-14-40)57-56-46(44-8-6-7-9-50(44)66-56)32-51(62(77)78-5)70(57)55(72)33-64/h6-19,28,30-31,34,36-37,51,57,66H,20-27,29,32-33,35H2,1-5H3,(H,65,71)/t51-,57+/m1/s1. The predicted octanol–water partition coefficient (Wildman–Crippen LogP) is 7.47. The summed E-state index contributed by atoms with van der Waals surface area (Å²) in [4.78, 5) is 96.5. The van der Waals surface area contributed by atoms with Crippen molar-refractivity contribution >= 4 is 64.2 Å². The van der Waals surface area contributed by atoms with Gasteiger partial charge < -0.3 is 57.8 Å². The van der Waals surface area contributed by atoms with Gasteiger partial charge in [0.2, 0.25) is 11.8 Å². The molecule has 0 bridgehead atoms. The third-order valence-electron chi connectivity index (χ3n) is 14.7. The Morgan fingerprint density at radius 3 is 2.08 bits per heavy atom. The minimum Gasteiger partial charge on any atom is -0.467 e. The van der Waals surface area contributed by atoms with Gasteiger partial charge in [0, 0.05) is 58.4 Å². The topological polar surface area (TPSA) is 264 Å². The van der Waals surface area contributed by atoms with E-state index in [-0.39, 0.29) is 79.6 Å². The van der Waals surface area contributed by atoms with Gasteiger partial charge in [0.15, 0.2) is 5.60 Å². The molecule has 0 aliphatic carbocycles. The smallest absolute Gasteiger partial charge is 0.340 e. The van der Waals surface area contributed by atoms with Crippen LogP contribution in [0.2, 0.25) is 0 Å². The molecule has 1 spiro atoms. The Kier molecular flexibility index (Phi) is 18.6. The van der Waals surface area contributed by atoms with Crippen LogP contribution in [0, 0.1) is 11.8 Å². The summed E-state index contributed by atoms with van der Waals surface area (Å²) < 4.78 is 53.1. The summed E-state index contributed by atoms with van der Waals surface area (Å²) in [5.74, 6) is -3.56. The van der Waals surface area contributed by atoms with Crippen molar-refractivity contribution in [1.29, 1.82) is 0 Å². The maximum Gasteiger partial charge on any atom is 0.340 e.